The zero-order valence-corrected chi connectivity index (χ0v) is 20.3. The Morgan fingerprint density at radius 1 is 0.829 bits per heavy atom. The predicted octanol–water partition coefficient (Wildman–Crippen LogP) is 5.46. The van der Waals surface area contributed by atoms with Gasteiger partial charge in [-0.15, -0.1) is 5.10 Å². The second-order valence-electron chi connectivity index (χ2n) is 9.46. The van der Waals surface area contributed by atoms with Crippen LogP contribution in [0.2, 0.25) is 0 Å². The highest BCUT2D eigenvalue weighted by atomic mass is 16.2. The van der Waals surface area contributed by atoms with Gasteiger partial charge in [0.15, 0.2) is 0 Å². The molecule has 2 heterocycles. The van der Waals surface area contributed by atoms with Crippen LogP contribution in [-0.4, -0.2) is 38.7 Å². The van der Waals surface area contributed by atoms with E-state index in [2.05, 4.69) is 67.6 Å². The molecule has 1 aliphatic rings. The molecule has 1 saturated heterocycles. The van der Waals surface area contributed by atoms with Crippen LogP contribution in [0.3, 0.4) is 0 Å². The second kappa shape index (κ2) is 10.7. The van der Waals surface area contributed by atoms with Gasteiger partial charge in [-0.05, 0) is 61.3 Å². The highest BCUT2D eigenvalue weighted by Crippen LogP contribution is 2.23. The average Bonchev–Trinajstić information content (AvgIpc) is 3.33. The molecule has 1 amide bonds. The Morgan fingerprint density at radius 2 is 1.46 bits per heavy atom. The summed E-state index contributed by atoms with van der Waals surface area (Å²) in [6.45, 7) is 3.58. The van der Waals surface area contributed by atoms with Crippen molar-refractivity contribution >= 4 is 5.91 Å². The number of likely N-dealkylation sites (tertiary alicyclic amines) is 1. The number of benzene rings is 3. The lowest BCUT2D eigenvalue weighted by Gasteiger charge is -2.31. The molecule has 3 aromatic carbocycles. The van der Waals surface area contributed by atoms with Crippen LogP contribution >= 0.6 is 0 Å². The van der Waals surface area contributed by atoms with Crippen LogP contribution in [0, 0.1) is 12.8 Å². The Labute approximate surface area is 207 Å². The normalized spacial score (nSPS) is 14.3. The fraction of sp³-hybridized carbons (Fsp3) is 0.300. The first kappa shape index (κ1) is 23.0. The van der Waals surface area contributed by atoms with Gasteiger partial charge in [0.2, 0.25) is 5.82 Å². The van der Waals surface area contributed by atoms with Gasteiger partial charge in [-0.3, -0.25) is 4.79 Å². The number of para-hydroxylation sites is 1. The fourth-order valence-electron chi connectivity index (χ4n) is 4.92. The third kappa shape index (κ3) is 5.51. The number of amides is 1. The van der Waals surface area contributed by atoms with Crippen molar-refractivity contribution in [2.45, 2.75) is 39.0 Å². The van der Waals surface area contributed by atoms with Gasteiger partial charge >= 0.3 is 0 Å². The molecule has 1 fully saturated rings. The van der Waals surface area contributed by atoms with Crippen LogP contribution in [0.1, 0.15) is 46.0 Å². The van der Waals surface area contributed by atoms with E-state index in [1.807, 2.05) is 33.8 Å². The zero-order chi connectivity index (χ0) is 24.0. The summed E-state index contributed by atoms with van der Waals surface area (Å²) >= 11 is 0. The molecule has 1 aliphatic heterocycles. The maximum atomic E-state index is 13.4. The highest BCUT2D eigenvalue weighted by molar-refractivity contribution is 5.90. The first-order chi connectivity index (χ1) is 17.2. The third-order valence-electron chi connectivity index (χ3n) is 6.96. The van der Waals surface area contributed by atoms with Crippen molar-refractivity contribution < 1.29 is 4.79 Å². The van der Waals surface area contributed by atoms with E-state index in [0.29, 0.717) is 11.7 Å². The van der Waals surface area contributed by atoms with E-state index in [9.17, 15) is 4.79 Å². The minimum absolute atomic E-state index is 0.0588. The van der Waals surface area contributed by atoms with Gasteiger partial charge < -0.3 is 4.90 Å². The average molecular weight is 465 g/mol. The number of piperidine rings is 1. The van der Waals surface area contributed by atoms with Crippen LogP contribution in [0.25, 0.3) is 5.69 Å². The van der Waals surface area contributed by atoms with Gasteiger partial charge in [-0.25, -0.2) is 9.67 Å². The number of rotatable bonds is 7. The summed E-state index contributed by atoms with van der Waals surface area (Å²) in [5.74, 6) is 1.68. The molecule has 0 spiro atoms. The predicted molar refractivity (Wildman–Crippen MR) is 139 cm³/mol. The minimum atomic E-state index is -0.0588. The van der Waals surface area contributed by atoms with Gasteiger partial charge in [0.05, 0.1) is 5.69 Å². The van der Waals surface area contributed by atoms with E-state index in [1.54, 1.807) is 0 Å². The molecule has 0 aliphatic carbocycles. The molecule has 0 saturated carbocycles. The van der Waals surface area contributed by atoms with Gasteiger partial charge in [-0.2, -0.15) is 0 Å². The van der Waals surface area contributed by atoms with Gasteiger partial charge in [0, 0.05) is 19.5 Å². The summed E-state index contributed by atoms with van der Waals surface area (Å²) in [5, 5.41) is 4.73. The lowest BCUT2D eigenvalue weighted by Crippen LogP contribution is -2.39. The van der Waals surface area contributed by atoms with Crippen molar-refractivity contribution in [1.82, 2.24) is 19.7 Å². The Kier molecular flexibility index (Phi) is 7.03. The molecule has 178 valence electrons. The van der Waals surface area contributed by atoms with Crippen molar-refractivity contribution in [2.24, 2.45) is 5.92 Å². The molecule has 4 aromatic rings. The maximum absolute atomic E-state index is 13.4. The number of aromatic nitrogens is 3. The van der Waals surface area contributed by atoms with Crippen LogP contribution in [0.15, 0.2) is 84.9 Å². The van der Waals surface area contributed by atoms with Gasteiger partial charge in [0.1, 0.15) is 5.82 Å². The summed E-state index contributed by atoms with van der Waals surface area (Å²) in [4.78, 5) is 20.1. The zero-order valence-electron chi connectivity index (χ0n) is 20.3. The quantitative estimate of drug-likeness (QED) is 0.365. The molecule has 0 N–H and O–H groups in total. The van der Waals surface area contributed by atoms with Crippen molar-refractivity contribution in [3.63, 3.8) is 0 Å². The molecule has 0 radical (unpaired) electrons. The van der Waals surface area contributed by atoms with E-state index in [1.165, 1.54) is 11.1 Å². The van der Waals surface area contributed by atoms with E-state index in [-0.39, 0.29) is 5.91 Å². The molecular formula is C30H32N4O. The van der Waals surface area contributed by atoms with E-state index in [4.69, 9.17) is 10.1 Å². The highest BCUT2D eigenvalue weighted by Gasteiger charge is 2.27. The summed E-state index contributed by atoms with van der Waals surface area (Å²) in [7, 11) is 0. The van der Waals surface area contributed by atoms with Crippen LogP contribution in [-0.2, 0) is 19.3 Å². The molecule has 5 rings (SSSR count). The molecule has 5 heteroatoms. The Morgan fingerprint density at radius 3 is 2.14 bits per heavy atom. The number of carbonyl (C=O) groups excluding carboxylic acids is 1. The lowest BCUT2D eigenvalue weighted by molar-refractivity contribution is 0.0678. The summed E-state index contributed by atoms with van der Waals surface area (Å²) in [6, 6.07) is 29.1. The van der Waals surface area contributed by atoms with E-state index in [0.717, 1.165) is 62.3 Å². The van der Waals surface area contributed by atoms with Crippen LogP contribution in [0.5, 0.6) is 0 Å². The number of hydrogen-bond acceptors (Lipinski definition) is 3. The molecule has 0 unspecified atom stereocenters. The fourth-order valence-corrected chi connectivity index (χ4v) is 4.92. The van der Waals surface area contributed by atoms with E-state index < -0.39 is 0 Å². The maximum Gasteiger partial charge on any atom is 0.293 e. The van der Waals surface area contributed by atoms with Gasteiger partial charge in [0.25, 0.3) is 5.91 Å². The van der Waals surface area contributed by atoms with Crippen molar-refractivity contribution in [1.29, 1.82) is 0 Å². The van der Waals surface area contributed by atoms with Crippen molar-refractivity contribution in [3.8, 4) is 5.69 Å². The Bertz CT molecular complexity index is 1260. The summed E-state index contributed by atoms with van der Waals surface area (Å²) in [5.41, 5.74) is 4.71. The van der Waals surface area contributed by atoms with E-state index >= 15 is 0 Å². The van der Waals surface area contributed by atoms with Gasteiger partial charge in [-0.1, -0.05) is 78.9 Å². The van der Waals surface area contributed by atoms with Crippen LogP contribution in [0.4, 0.5) is 0 Å². The standard InChI is InChI=1S/C30H32N4O/c1-23-10-8-9-15-27(23)34-28(17-16-24-11-4-2-5-12-24)31-29(32-34)30(35)33-20-18-26(19-21-33)22-25-13-6-3-7-14-25/h2-15,26H,16-22H2,1H3. The number of carbonyl (C=O) groups is 1. The third-order valence-corrected chi connectivity index (χ3v) is 6.96. The molecular weight excluding hydrogens is 432 g/mol. The summed E-state index contributed by atoms with van der Waals surface area (Å²) in [6.07, 6.45) is 4.67. The number of hydrogen-bond donors (Lipinski definition) is 0. The SMILES string of the molecule is Cc1ccccc1-n1nc(C(=O)N2CCC(Cc3ccccc3)CC2)nc1CCc1ccccc1. The second-order valence-corrected chi connectivity index (χ2v) is 9.46. The van der Waals surface area contributed by atoms with Crippen molar-refractivity contribution in [3.05, 3.63) is 113 Å². The molecule has 0 bridgehead atoms. The van der Waals surface area contributed by atoms with Crippen LogP contribution < -0.4 is 0 Å². The number of aryl methyl sites for hydroxylation is 3. The molecule has 35 heavy (non-hydrogen) atoms. The van der Waals surface area contributed by atoms with Crippen molar-refractivity contribution in [2.75, 3.05) is 13.1 Å². The summed E-state index contributed by atoms with van der Waals surface area (Å²) < 4.78 is 1.87. The topological polar surface area (TPSA) is 51.0 Å². The lowest BCUT2D eigenvalue weighted by atomic mass is 9.90. The number of nitrogens with zero attached hydrogens (tertiary/aromatic N) is 4. The first-order valence-electron chi connectivity index (χ1n) is 12.6. The molecule has 5 nitrogen and oxygen atoms in total. The largest absolute Gasteiger partial charge is 0.336 e. The first-order valence-corrected chi connectivity index (χ1v) is 12.6. The molecule has 1 aromatic heterocycles. The smallest absolute Gasteiger partial charge is 0.293 e. The monoisotopic (exact) mass is 464 g/mol. The Balaban J connectivity index is 1.31. The Hall–Kier alpha value is -3.73. The molecule has 0 atom stereocenters. The minimum Gasteiger partial charge on any atom is -0.336 e.